The Morgan fingerprint density at radius 3 is 2.57 bits per heavy atom. The molecule has 1 unspecified atom stereocenters. The lowest BCUT2D eigenvalue weighted by Gasteiger charge is -2.13. The van der Waals surface area contributed by atoms with Gasteiger partial charge in [-0.2, -0.15) is 8.78 Å². The second-order valence-electron chi connectivity index (χ2n) is 2.67. The Bertz CT molecular complexity index is 294. The first kappa shape index (κ1) is 10.9. The summed E-state index contributed by atoms with van der Waals surface area (Å²) in [4.78, 5) is 0. The molecule has 3 nitrogen and oxygen atoms in total. The van der Waals surface area contributed by atoms with Crippen molar-refractivity contribution in [1.29, 1.82) is 0 Å². The van der Waals surface area contributed by atoms with Crippen LogP contribution in [-0.2, 0) is 0 Å². The van der Waals surface area contributed by atoms with E-state index in [-0.39, 0.29) is 17.9 Å². The van der Waals surface area contributed by atoms with Gasteiger partial charge < -0.3 is 15.6 Å². The molecule has 0 aliphatic heterocycles. The van der Waals surface area contributed by atoms with Gasteiger partial charge in [0.2, 0.25) is 0 Å². The smallest absolute Gasteiger partial charge is 0.387 e. The Labute approximate surface area is 80.1 Å². The molecule has 1 atom stereocenters. The Balaban J connectivity index is 2.91. The number of nitrogens with two attached hydrogens (primary N) is 1. The molecule has 78 valence electrons. The highest BCUT2D eigenvalue weighted by Crippen LogP contribution is 2.25. The molecule has 0 radical (unpaired) electrons. The van der Waals surface area contributed by atoms with Crippen LogP contribution in [0.3, 0.4) is 0 Å². The predicted octanol–water partition coefficient (Wildman–Crippen LogP) is 1.28. The average molecular weight is 203 g/mol. The molecular weight excluding hydrogens is 192 g/mol. The zero-order valence-corrected chi connectivity index (χ0v) is 7.36. The Morgan fingerprint density at radius 2 is 2.00 bits per heavy atom. The molecule has 1 aromatic rings. The number of halogens is 2. The van der Waals surface area contributed by atoms with Gasteiger partial charge in [0.05, 0.1) is 6.10 Å². The molecule has 1 aromatic carbocycles. The lowest BCUT2D eigenvalue weighted by molar-refractivity contribution is -0.0514. The molecule has 0 bridgehead atoms. The molecule has 1 rings (SSSR count). The van der Waals surface area contributed by atoms with Gasteiger partial charge in [0.15, 0.2) is 0 Å². The molecular formula is C9H11F2NO2. The van der Waals surface area contributed by atoms with Crippen LogP contribution in [0.2, 0.25) is 0 Å². The number of alkyl halides is 2. The van der Waals surface area contributed by atoms with Gasteiger partial charge in [-0.3, -0.25) is 0 Å². The SMILES string of the molecule is NCC(O)c1ccccc1OC(F)F. The maximum absolute atomic E-state index is 11.9. The van der Waals surface area contributed by atoms with Crippen molar-refractivity contribution in [3.63, 3.8) is 0 Å². The van der Waals surface area contributed by atoms with Crippen LogP contribution in [0.5, 0.6) is 5.75 Å². The third-order valence-corrected chi connectivity index (χ3v) is 1.72. The minimum absolute atomic E-state index is 0.0381. The lowest BCUT2D eigenvalue weighted by Crippen LogP contribution is -2.14. The average Bonchev–Trinajstić information content (AvgIpc) is 2.16. The normalized spacial score (nSPS) is 12.9. The van der Waals surface area contributed by atoms with Crippen molar-refractivity contribution in [1.82, 2.24) is 0 Å². The van der Waals surface area contributed by atoms with Gasteiger partial charge in [-0.1, -0.05) is 18.2 Å². The maximum atomic E-state index is 11.9. The molecule has 0 heterocycles. The van der Waals surface area contributed by atoms with Crippen molar-refractivity contribution < 1.29 is 18.6 Å². The zero-order valence-electron chi connectivity index (χ0n) is 7.36. The Kier molecular flexibility index (Phi) is 3.79. The molecule has 14 heavy (non-hydrogen) atoms. The van der Waals surface area contributed by atoms with Crippen molar-refractivity contribution in [3.8, 4) is 5.75 Å². The summed E-state index contributed by atoms with van der Waals surface area (Å²) in [6.07, 6.45) is -0.982. The molecule has 3 N–H and O–H groups in total. The van der Waals surface area contributed by atoms with E-state index >= 15 is 0 Å². The summed E-state index contributed by atoms with van der Waals surface area (Å²) in [6, 6.07) is 6.02. The molecule has 5 heteroatoms. The maximum Gasteiger partial charge on any atom is 0.387 e. The molecule has 0 aliphatic carbocycles. The van der Waals surface area contributed by atoms with E-state index in [0.29, 0.717) is 0 Å². The van der Waals surface area contributed by atoms with E-state index in [1.165, 1.54) is 12.1 Å². The van der Waals surface area contributed by atoms with Gasteiger partial charge in [0.1, 0.15) is 5.75 Å². The number of ether oxygens (including phenoxy) is 1. The van der Waals surface area contributed by atoms with Crippen molar-refractivity contribution in [2.24, 2.45) is 5.73 Å². The van der Waals surface area contributed by atoms with Gasteiger partial charge in [0.25, 0.3) is 0 Å². The first-order chi connectivity index (χ1) is 6.65. The van der Waals surface area contributed by atoms with Crippen LogP contribution < -0.4 is 10.5 Å². The van der Waals surface area contributed by atoms with E-state index in [9.17, 15) is 13.9 Å². The Hall–Kier alpha value is -1.20. The summed E-state index contributed by atoms with van der Waals surface area (Å²) >= 11 is 0. The van der Waals surface area contributed by atoms with E-state index < -0.39 is 12.7 Å². The third-order valence-electron chi connectivity index (χ3n) is 1.72. The summed E-state index contributed by atoms with van der Waals surface area (Å²) < 4.78 is 28.1. The number of benzene rings is 1. The van der Waals surface area contributed by atoms with E-state index in [1.54, 1.807) is 12.1 Å². The van der Waals surface area contributed by atoms with E-state index in [1.807, 2.05) is 0 Å². The highest BCUT2D eigenvalue weighted by Gasteiger charge is 2.14. The third kappa shape index (κ3) is 2.65. The van der Waals surface area contributed by atoms with Crippen LogP contribution >= 0.6 is 0 Å². The number of hydrogen-bond acceptors (Lipinski definition) is 3. The number of aliphatic hydroxyl groups excluding tert-OH is 1. The predicted molar refractivity (Wildman–Crippen MR) is 47.1 cm³/mol. The van der Waals surface area contributed by atoms with Crippen molar-refractivity contribution in [2.45, 2.75) is 12.7 Å². The van der Waals surface area contributed by atoms with Crippen LogP contribution in [0.15, 0.2) is 24.3 Å². The first-order valence-corrected chi connectivity index (χ1v) is 4.07. The topological polar surface area (TPSA) is 55.5 Å². The summed E-state index contributed by atoms with van der Waals surface area (Å²) in [7, 11) is 0. The van der Waals surface area contributed by atoms with Crippen molar-refractivity contribution in [3.05, 3.63) is 29.8 Å². The second-order valence-corrected chi connectivity index (χ2v) is 2.67. The largest absolute Gasteiger partial charge is 0.434 e. The fourth-order valence-electron chi connectivity index (χ4n) is 1.09. The van der Waals surface area contributed by atoms with Crippen LogP contribution in [-0.4, -0.2) is 18.3 Å². The van der Waals surface area contributed by atoms with Crippen molar-refractivity contribution >= 4 is 0 Å². The Morgan fingerprint density at radius 1 is 1.36 bits per heavy atom. The number of rotatable bonds is 4. The van der Waals surface area contributed by atoms with E-state index in [4.69, 9.17) is 5.73 Å². The monoisotopic (exact) mass is 203 g/mol. The fourth-order valence-corrected chi connectivity index (χ4v) is 1.09. The van der Waals surface area contributed by atoms with Gasteiger partial charge in [-0.15, -0.1) is 0 Å². The molecule has 0 spiro atoms. The minimum Gasteiger partial charge on any atom is -0.434 e. The molecule has 0 amide bonds. The molecule has 0 fully saturated rings. The minimum atomic E-state index is -2.90. The number of hydrogen-bond donors (Lipinski definition) is 2. The van der Waals surface area contributed by atoms with Gasteiger partial charge >= 0.3 is 6.61 Å². The fraction of sp³-hybridized carbons (Fsp3) is 0.333. The van der Waals surface area contributed by atoms with Crippen LogP contribution in [0.4, 0.5) is 8.78 Å². The van der Waals surface area contributed by atoms with Crippen LogP contribution in [0, 0.1) is 0 Å². The number of para-hydroxylation sites is 1. The molecule has 0 saturated heterocycles. The highest BCUT2D eigenvalue weighted by molar-refractivity contribution is 5.35. The molecule has 0 aliphatic rings. The van der Waals surface area contributed by atoms with Gasteiger partial charge in [0, 0.05) is 12.1 Å². The first-order valence-electron chi connectivity index (χ1n) is 4.07. The highest BCUT2D eigenvalue weighted by atomic mass is 19.3. The summed E-state index contributed by atoms with van der Waals surface area (Å²) in [6.45, 7) is -2.94. The summed E-state index contributed by atoms with van der Waals surface area (Å²) in [5, 5.41) is 9.37. The molecule has 0 aromatic heterocycles. The lowest BCUT2D eigenvalue weighted by atomic mass is 10.1. The van der Waals surface area contributed by atoms with Crippen LogP contribution in [0.25, 0.3) is 0 Å². The van der Waals surface area contributed by atoms with Crippen LogP contribution in [0.1, 0.15) is 11.7 Å². The van der Waals surface area contributed by atoms with Gasteiger partial charge in [-0.25, -0.2) is 0 Å². The quantitative estimate of drug-likeness (QED) is 0.775. The zero-order chi connectivity index (χ0) is 10.6. The molecule has 0 saturated carbocycles. The van der Waals surface area contributed by atoms with Gasteiger partial charge in [-0.05, 0) is 6.07 Å². The number of aliphatic hydroxyl groups is 1. The van der Waals surface area contributed by atoms with E-state index in [0.717, 1.165) is 0 Å². The summed E-state index contributed by atoms with van der Waals surface area (Å²) in [5.41, 5.74) is 5.48. The summed E-state index contributed by atoms with van der Waals surface area (Å²) in [5.74, 6) is -0.0412. The standard InChI is InChI=1S/C9H11F2NO2/c10-9(11)14-8-4-2-1-3-6(8)7(13)5-12/h1-4,7,9,13H,5,12H2. The second kappa shape index (κ2) is 4.88. The van der Waals surface area contributed by atoms with E-state index in [2.05, 4.69) is 4.74 Å². The van der Waals surface area contributed by atoms with Crippen molar-refractivity contribution in [2.75, 3.05) is 6.54 Å².